The minimum Gasteiger partial charge on any atom is -0.336 e. The Morgan fingerprint density at radius 3 is 2.68 bits per heavy atom. The van der Waals surface area contributed by atoms with E-state index in [1.54, 1.807) is 4.90 Å². The molecule has 1 aromatic carbocycles. The Kier molecular flexibility index (Phi) is 5.18. The Balaban J connectivity index is 1.37. The number of piperidine rings is 1. The molecule has 148 valence electrons. The van der Waals surface area contributed by atoms with Gasteiger partial charge in [0.25, 0.3) is 0 Å². The fraction of sp³-hybridized carbons (Fsp3) is 0.450. The number of anilines is 1. The van der Waals surface area contributed by atoms with Crippen LogP contribution in [0.3, 0.4) is 0 Å². The Bertz CT molecular complexity index is 856. The van der Waals surface area contributed by atoms with Gasteiger partial charge in [-0.15, -0.1) is 0 Å². The van der Waals surface area contributed by atoms with Crippen molar-refractivity contribution in [3.05, 3.63) is 47.8 Å². The van der Waals surface area contributed by atoms with E-state index in [0.29, 0.717) is 25.6 Å². The average Bonchev–Trinajstić information content (AvgIpc) is 3.31. The quantitative estimate of drug-likeness (QED) is 0.852. The van der Waals surface area contributed by atoms with Crippen molar-refractivity contribution < 1.29 is 9.59 Å². The molecule has 2 aromatic rings. The minimum absolute atomic E-state index is 0.0571. The van der Waals surface area contributed by atoms with Crippen LogP contribution in [0.4, 0.5) is 15.3 Å². The van der Waals surface area contributed by atoms with E-state index in [2.05, 4.69) is 21.8 Å². The molecule has 0 saturated carbocycles. The highest BCUT2D eigenvalue weighted by atomic mass is 16.2. The average molecular weight is 382 g/mol. The Labute approximate surface area is 164 Å². The molecule has 4 amide bonds. The molecule has 28 heavy (non-hydrogen) atoms. The van der Waals surface area contributed by atoms with E-state index < -0.39 is 0 Å². The Hall–Kier alpha value is -3.03. The molecule has 1 aromatic heterocycles. The number of amides is 4. The van der Waals surface area contributed by atoms with Crippen LogP contribution in [-0.2, 0) is 13.6 Å². The first-order chi connectivity index (χ1) is 13.6. The number of carbonyl (C=O) groups excluding carboxylic acids is 2. The van der Waals surface area contributed by atoms with Crippen LogP contribution in [0.15, 0.2) is 36.5 Å². The van der Waals surface area contributed by atoms with E-state index in [4.69, 9.17) is 0 Å². The zero-order valence-corrected chi connectivity index (χ0v) is 16.1. The van der Waals surface area contributed by atoms with E-state index >= 15 is 0 Å². The summed E-state index contributed by atoms with van der Waals surface area (Å²) >= 11 is 0. The van der Waals surface area contributed by atoms with Crippen LogP contribution in [0.25, 0.3) is 0 Å². The number of nitrogens with zero attached hydrogens (tertiary/aromatic N) is 4. The van der Waals surface area contributed by atoms with Gasteiger partial charge in [-0.25, -0.2) is 9.59 Å². The summed E-state index contributed by atoms with van der Waals surface area (Å²) in [7, 11) is 1.96. The summed E-state index contributed by atoms with van der Waals surface area (Å²) in [6, 6.07) is 9.60. The van der Waals surface area contributed by atoms with Crippen LogP contribution in [0.2, 0.25) is 0 Å². The van der Waals surface area contributed by atoms with Gasteiger partial charge >= 0.3 is 12.1 Å². The molecular formula is C20H26N6O2. The van der Waals surface area contributed by atoms with Gasteiger partial charge in [-0.2, -0.15) is 5.10 Å². The van der Waals surface area contributed by atoms with E-state index in [1.165, 1.54) is 5.69 Å². The van der Waals surface area contributed by atoms with Crippen molar-refractivity contribution in [2.75, 3.05) is 31.5 Å². The Morgan fingerprint density at radius 1 is 1.21 bits per heavy atom. The summed E-state index contributed by atoms with van der Waals surface area (Å²) in [5, 5.41) is 10.1. The van der Waals surface area contributed by atoms with Crippen LogP contribution in [0.5, 0.6) is 0 Å². The highest BCUT2D eigenvalue weighted by Crippen LogP contribution is 2.28. The van der Waals surface area contributed by atoms with Crippen molar-refractivity contribution in [2.24, 2.45) is 7.05 Å². The van der Waals surface area contributed by atoms with Crippen LogP contribution < -0.4 is 10.6 Å². The molecule has 2 fully saturated rings. The number of hydrogen-bond donors (Lipinski definition) is 2. The van der Waals surface area contributed by atoms with Gasteiger partial charge in [0.15, 0.2) is 0 Å². The first-order valence-electron chi connectivity index (χ1n) is 9.76. The van der Waals surface area contributed by atoms with Crippen molar-refractivity contribution in [3.8, 4) is 0 Å². The summed E-state index contributed by atoms with van der Waals surface area (Å²) in [4.78, 5) is 28.2. The maximum absolute atomic E-state index is 12.8. The number of likely N-dealkylation sites (tertiary alicyclic amines) is 1. The van der Waals surface area contributed by atoms with Gasteiger partial charge in [-0.1, -0.05) is 18.2 Å². The lowest BCUT2D eigenvalue weighted by molar-refractivity contribution is 0.193. The molecule has 0 bridgehead atoms. The second-order valence-electron chi connectivity index (χ2n) is 7.38. The summed E-state index contributed by atoms with van der Waals surface area (Å²) in [5.74, 6) is 0.442. The first kappa shape index (κ1) is 18.3. The third-order valence-corrected chi connectivity index (χ3v) is 5.62. The van der Waals surface area contributed by atoms with Gasteiger partial charge in [0.05, 0.1) is 0 Å². The fourth-order valence-electron chi connectivity index (χ4n) is 4.00. The molecule has 2 aliphatic rings. The smallest absolute Gasteiger partial charge is 0.321 e. The van der Waals surface area contributed by atoms with Gasteiger partial charge < -0.3 is 20.4 Å². The third-order valence-electron chi connectivity index (χ3n) is 5.62. The molecule has 0 unspecified atom stereocenters. The van der Waals surface area contributed by atoms with Crippen LogP contribution in [-0.4, -0.2) is 57.8 Å². The zero-order chi connectivity index (χ0) is 19.5. The molecule has 0 spiro atoms. The topological polar surface area (TPSA) is 82.5 Å². The van der Waals surface area contributed by atoms with Gasteiger partial charge in [-0.05, 0) is 30.5 Å². The van der Waals surface area contributed by atoms with Crippen molar-refractivity contribution in [3.63, 3.8) is 0 Å². The molecule has 8 nitrogen and oxygen atoms in total. The van der Waals surface area contributed by atoms with Crippen molar-refractivity contribution in [2.45, 2.75) is 25.3 Å². The predicted molar refractivity (Wildman–Crippen MR) is 106 cm³/mol. The zero-order valence-electron chi connectivity index (χ0n) is 16.1. The van der Waals surface area contributed by atoms with Crippen LogP contribution in [0, 0.1) is 0 Å². The minimum atomic E-state index is -0.0817. The molecular weight excluding hydrogens is 356 g/mol. The van der Waals surface area contributed by atoms with Crippen molar-refractivity contribution in [1.29, 1.82) is 0 Å². The molecule has 3 heterocycles. The van der Waals surface area contributed by atoms with Crippen LogP contribution in [0.1, 0.15) is 30.0 Å². The van der Waals surface area contributed by atoms with Crippen molar-refractivity contribution >= 4 is 17.7 Å². The van der Waals surface area contributed by atoms with Gasteiger partial charge in [0.1, 0.15) is 0 Å². The summed E-state index contributed by atoms with van der Waals surface area (Å²) < 4.78 is 1.92. The fourth-order valence-corrected chi connectivity index (χ4v) is 4.00. The molecule has 0 aliphatic carbocycles. The molecule has 4 rings (SSSR count). The molecule has 2 saturated heterocycles. The van der Waals surface area contributed by atoms with E-state index in [9.17, 15) is 9.59 Å². The number of aryl methyl sites for hydroxylation is 1. The van der Waals surface area contributed by atoms with Gasteiger partial charge in [0, 0.05) is 63.3 Å². The second kappa shape index (κ2) is 7.92. The first-order valence-corrected chi connectivity index (χ1v) is 9.76. The summed E-state index contributed by atoms with van der Waals surface area (Å²) in [6.07, 6.45) is 3.69. The van der Waals surface area contributed by atoms with Crippen LogP contribution >= 0.6 is 0 Å². The number of benzene rings is 1. The molecule has 0 radical (unpaired) electrons. The standard InChI is InChI=1S/C20H26N6O2/c1-24-18(6-9-22-24)15-7-11-25(12-8-15)20(28)23-17-5-3-2-4-16(17)14-26-13-10-21-19(26)27/h2-6,9,15H,7-8,10-14H2,1H3,(H,21,27)(H,23,28). The maximum Gasteiger partial charge on any atom is 0.321 e. The van der Waals surface area contributed by atoms with E-state index in [-0.39, 0.29) is 12.1 Å². The highest BCUT2D eigenvalue weighted by molar-refractivity contribution is 5.90. The number of hydrogen-bond acceptors (Lipinski definition) is 3. The lowest BCUT2D eigenvalue weighted by Crippen LogP contribution is -2.41. The third kappa shape index (κ3) is 3.81. The monoisotopic (exact) mass is 382 g/mol. The maximum atomic E-state index is 12.8. The number of para-hydroxylation sites is 1. The second-order valence-corrected chi connectivity index (χ2v) is 7.38. The van der Waals surface area contributed by atoms with Crippen molar-refractivity contribution in [1.82, 2.24) is 24.9 Å². The summed E-state index contributed by atoms with van der Waals surface area (Å²) in [6.45, 7) is 3.28. The molecule has 2 aliphatic heterocycles. The number of aromatic nitrogens is 2. The number of rotatable bonds is 4. The molecule has 8 heteroatoms. The number of urea groups is 2. The Morgan fingerprint density at radius 2 is 2.00 bits per heavy atom. The molecule has 0 atom stereocenters. The van der Waals surface area contributed by atoms with Gasteiger partial charge in [0.2, 0.25) is 0 Å². The molecule has 2 N–H and O–H groups in total. The lowest BCUT2D eigenvalue weighted by atomic mass is 9.93. The van der Waals surface area contributed by atoms with E-state index in [0.717, 1.165) is 37.2 Å². The lowest BCUT2D eigenvalue weighted by Gasteiger charge is -2.32. The van der Waals surface area contributed by atoms with Gasteiger partial charge in [-0.3, -0.25) is 4.68 Å². The largest absolute Gasteiger partial charge is 0.336 e. The highest BCUT2D eigenvalue weighted by Gasteiger charge is 2.26. The predicted octanol–water partition coefficient (Wildman–Crippen LogP) is 2.36. The SMILES string of the molecule is Cn1nccc1C1CCN(C(=O)Nc2ccccc2CN2CCNC2=O)CC1. The summed E-state index contributed by atoms with van der Waals surface area (Å²) in [5.41, 5.74) is 2.94. The number of nitrogens with one attached hydrogen (secondary N) is 2. The number of carbonyl (C=O) groups is 2. The normalized spacial score (nSPS) is 17.7. The van der Waals surface area contributed by atoms with E-state index in [1.807, 2.05) is 47.1 Å².